The third-order valence-electron chi connectivity index (χ3n) is 4.10. The Kier molecular flexibility index (Phi) is 6.15. The molecule has 0 radical (unpaired) electrons. The van der Waals surface area contributed by atoms with Gasteiger partial charge in [0.2, 0.25) is 12.4 Å². The van der Waals surface area contributed by atoms with E-state index in [-0.39, 0.29) is 5.56 Å². The fraction of sp³-hybridized carbons (Fsp3) is 0.688. The quantitative estimate of drug-likeness (QED) is 0.751. The van der Waals surface area contributed by atoms with Crippen molar-refractivity contribution in [1.82, 2.24) is 14.9 Å². The van der Waals surface area contributed by atoms with Crippen molar-refractivity contribution in [3.8, 4) is 0 Å². The molecule has 1 N–H and O–H groups in total. The van der Waals surface area contributed by atoms with E-state index in [4.69, 9.17) is 4.74 Å². The van der Waals surface area contributed by atoms with Gasteiger partial charge in [-0.3, -0.25) is 14.6 Å². The number of aromatic amines is 1. The van der Waals surface area contributed by atoms with Crippen LogP contribution in [0.2, 0.25) is 0 Å². The molecule has 2 rings (SSSR count). The summed E-state index contributed by atoms with van der Waals surface area (Å²) in [4.78, 5) is 34.5. The lowest BCUT2D eigenvalue weighted by Gasteiger charge is -2.33. The number of amides is 1. The molecule has 1 aliphatic heterocycles. The van der Waals surface area contributed by atoms with Crippen LogP contribution in [-0.2, 0) is 22.6 Å². The molecule has 0 aliphatic carbocycles. The lowest BCUT2D eigenvalue weighted by molar-refractivity contribution is -0.118. The molecule has 0 atom stereocenters. The van der Waals surface area contributed by atoms with Crippen molar-refractivity contribution in [3.05, 3.63) is 21.6 Å². The summed E-state index contributed by atoms with van der Waals surface area (Å²) < 4.78 is 5.22. The Morgan fingerprint density at radius 3 is 2.57 bits per heavy atom. The number of rotatable bonds is 7. The minimum atomic E-state index is -0.0829. The van der Waals surface area contributed by atoms with Gasteiger partial charge in [0, 0.05) is 38.9 Å². The van der Waals surface area contributed by atoms with E-state index >= 15 is 0 Å². The number of hydrogen-bond donors (Lipinski definition) is 1. The molecule has 0 spiro atoms. The molecule has 0 bridgehead atoms. The smallest absolute Gasteiger partial charge is 0.255 e. The van der Waals surface area contributed by atoms with Crippen molar-refractivity contribution in [3.63, 3.8) is 0 Å². The number of nitrogens with one attached hydrogen (secondary N) is 1. The number of anilines is 1. The summed E-state index contributed by atoms with van der Waals surface area (Å²) in [6, 6.07) is 0. The summed E-state index contributed by atoms with van der Waals surface area (Å²) in [6.07, 6.45) is 2.51. The first-order valence-corrected chi connectivity index (χ1v) is 8.10. The summed E-state index contributed by atoms with van der Waals surface area (Å²) >= 11 is 0. The van der Waals surface area contributed by atoms with E-state index in [1.807, 2.05) is 4.90 Å². The molecule has 128 valence electrons. The third-order valence-corrected chi connectivity index (χ3v) is 4.10. The van der Waals surface area contributed by atoms with Crippen LogP contribution >= 0.6 is 0 Å². The number of methoxy groups -OCH3 is 1. The SMILES string of the molecule is COCc1nc(N2CCN(C=O)CC2)[nH]c(=O)c1CCC(C)C. The van der Waals surface area contributed by atoms with E-state index in [1.54, 1.807) is 12.0 Å². The fourth-order valence-corrected chi connectivity index (χ4v) is 2.67. The van der Waals surface area contributed by atoms with Gasteiger partial charge in [0.05, 0.1) is 12.3 Å². The molecular formula is C16H26N4O3. The topological polar surface area (TPSA) is 78.5 Å². The van der Waals surface area contributed by atoms with Crippen molar-refractivity contribution >= 4 is 12.4 Å². The average Bonchev–Trinajstić information content (AvgIpc) is 2.54. The van der Waals surface area contributed by atoms with Crippen LogP contribution in [0.4, 0.5) is 5.95 Å². The molecule has 0 aromatic carbocycles. The lowest BCUT2D eigenvalue weighted by atomic mass is 10.0. The monoisotopic (exact) mass is 322 g/mol. The molecule has 23 heavy (non-hydrogen) atoms. The number of aromatic nitrogens is 2. The highest BCUT2D eigenvalue weighted by atomic mass is 16.5. The molecule has 1 amide bonds. The van der Waals surface area contributed by atoms with E-state index in [0.717, 1.165) is 18.4 Å². The average molecular weight is 322 g/mol. The van der Waals surface area contributed by atoms with Crippen LogP contribution in [-0.4, -0.2) is 54.6 Å². The maximum Gasteiger partial charge on any atom is 0.255 e. The van der Waals surface area contributed by atoms with Crippen molar-refractivity contribution in [2.24, 2.45) is 5.92 Å². The molecule has 1 aromatic heterocycles. The predicted molar refractivity (Wildman–Crippen MR) is 88.6 cm³/mol. The van der Waals surface area contributed by atoms with Crippen LogP contribution in [0, 0.1) is 5.92 Å². The van der Waals surface area contributed by atoms with Gasteiger partial charge in [-0.1, -0.05) is 13.8 Å². The second-order valence-electron chi connectivity index (χ2n) is 6.31. The number of ether oxygens (including phenoxy) is 1. The van der Waals surface area contributed by atoms with Crippen LogP contribution in [0.25, 0.3) is 0 Å². The van der Waals surface area contributed by atoms with Crippen LogP contribution < -0.4 is 10.5 Å². The van der Waals surface area contributed by atoms with Crippen LogP contribution in [0.5, 0.6) is 0 Å². The summed E-state index contributed by atoms with van der Waals surface area (Å²) in [5.74, 6) is 1.10. The number of piperazine rings is 1. The number of H-pyrrole nitrogens is 1. The third kappa shape index (κ3) is 4.54. The maximum atomic E-state index is 12.5. The van der Waals surface area contributed by atoms with Gasteiger partial charge in [0.25, 0.3) is 5.56 Å². The first-order chi connectivity index (χ1) is 11.0. The molecule has 0 saturated carbocycles. The van der Waals surface area contributed by atoms with Crippen LogP contribution in [0.1, 0.15) is 31.5 Å². The largest absolute Gasteiger partial charge is 0.378 e. The highest BCUT2D eigenvalue weighted by molar-refractivity contribution is 5.48. The fourth-order valence-electron chi connectivity index (χ4n) is 2.67. The van der Waals surface area contributed by atoms with Gasteiger partial charge in [-0.15, -0.1) is 0 Å². The van der Waals surface area contributed by atoms with E-state index in [2.05, 4.69) is 23.8 Å². The summed E-state index contributed by atoms with van der Waals surface area (Å²) in [7, 11) is 1.61. The lowest BCUT2D eigenvalue weighted by Crippen LogP contribution is -2.47. The zero-order valence-electron chi connectivity index (χ0n) is 14.2. The van der Waals surface area contributed by atoms with Gasteiger partial charge in [0.1, 0.15) is 0 Å². The molecule has 1 aromatic rings. The Balaban J connectivity index is 2.22. The van der Waals surface area contributed by atoms with E-state index in [1.165, 1.54) is 0 Å². The van der Waals surface area contributed by atoms with E-state index in [0.29, 0.717) is 56.8 Å². The van der Waals surface area contributed by atoms with E-state index < -0.39 is 0 Å². The van der Waals surface area contributed by atoms with Gasteiger partial charge in [-0.2, -0.15) is 0 Å². The standard InChI is InChI=1S/C16H26N4O3/c1-12(2)4-5-13-14(10-23-3)17-16(18-15(13)22)20-8-6-19(11-21)7-9-20/h11-12H,4-10H2,1-3H3,(H,17,18,22). The summed E-state index contributed by atoms with van der Waals surface area (Å²) in [5, 5.41) is 0. The Morgan fingerprint density at radius 2 is 2.00 bits per heavy atom. The Labute approximate surface area is 136 Å². The number of carbonyl (C=O) groups excluding carboxylic acids is 1. The number of carbonyl (C=O) groups is 1. The highest BCUT2D eigenvalue weighted by Gasteiger charge is 2.20. The minimum absolute atomic E-state index is 0.0829. The Hall–Kier alpha value is -1.89. The van der Waals surface area contributed by atoms with Crippen LogP contribution in [0.15, 0.2) is 4.79 Å². The predicted octanol–water partition coefficient (Wildman–Crippen LogP) is 0.783. The molecule has 1 aliphatic rings. The maximum absolute atomic E-state index is 12.5. The van der Waals surface area contributed by atoms with Crippen molar-refractivity contribution in [2.75, 3.05) is 38.2 Å². The molecule has 0 unspecified atom stereocenters. The van der Waals surface area contributed by atoms with Crippen molar-refractivity contribution in [1.29, 1.82) is 0 Å². The molecule has 1 fully saturated rings. The van der Waals surface area contributed by atoms with Crippen molar-refractivity contribution < 1.29 is 9.53 Å². The second-order valence-corrected chi connectivity index (χ2v) is 6.31. The normalized spacial score (nSPS) is 15.3. The van der Waals surface area contributed by atoms with Gasteiger partial charge in [0.15, 0.2) is 0 Å². The Bertz CT molecular complexity index is 577. The summed E-state index contributed by atoms with van der Waals surface area (Å²) in [5.41, 5.74) is 1.35. The second kappa shape index (κ2) is 8.10. The molecule has 7 nitrogen and oxygen atoms in total. The van der Waals surface area contributed by atoms with Gasteiger partial charge < -0.3 is 14.5 Å². The summed E-state index contributed by atoms with van der Waals surface area (Å²) in [6.45, 7) is 7.22. The zero-order valence-corrected chi connectivity index (χ0v) is 14.2. The minimum Gasteiger partial charge on any atom is -0.378 e. The van der Waals surface area contributed by atoms with Gasteiger partial charge in [-0.05, 0) is 18.8 Å². The number of hydrogen-bond acceptors (Lipinski definition) is 5. The first-order valence-electron chi connectivity index (χ1n) is 8.10. The van der Waals surface area contributed by atoms with Gasteiger partial charge >= 0.3 is 0 Å². The van der Waals surface area contributed by atoms with E-state index in [9.17, 15) is 9.59 Å². The molecule has 7 heteroatoms. The van der Waals surface area contributed by atoms with Gasteiger partial charge in [-0.25, -0.2) is 4.98 Å². The number of nitrogens with zero attached hydrogens (tertiary/aromatic N) is 3. The zero-order chi connectivity index (χ0) is 16.8. The first kappa shape index (κ1) is 17.5. The molecule has 2 heterocycles. The van der Waals surface area contributed by atoms with Crippen molar-refractivity contribution in [2.45, 2.75) is 33.3 Å². The molecule has 1 saturated heterocycles. The van der Waals surface area contributed by atoms with Crippen LogP contribution in [0.3, 0.4) is 0 Å². The molecular weight excluding hydrogens is 296 g/mol. The Morgan fingerprint density at radius 1 is 1.30 bits per heavy atom. The highest BCUT2D eigenvalue weighted by Crippen LogP contribution is 2.14.